The van der Waals surface area contributed by atoms with E-state index in [9.17, 15) is 9.59 Å². The molecule has 0 aliphatic rings. The van der Waals surface area contributed by atoms with Gasteiger partial charge in [-0.15, -0.1) is 0 Å². The van der Waals surface area contributed by atoms with Gasteiger partial charge in [0, 0.05) is 17.9 Å². The maximum absolute atomic E-state index is 12.3. The van der Waals surface area contributed by atoms with Gasteiger partial charge in [0.25, 0.3) is 0 Å². The molecule has 150 valence electrons. The van der Waals surface area contributed by atoms with Gasteiger partial charge in [0.15, 0.2) is 0 Å². The first-order valence-corrected chi connectivity index (χ1v) is 11.5. The Morgan fingerprint density at radius 3 is 1.88 bits per heavy atom. The summed E-state index contributed by atoms with van der Waals surface area (Å²) in [4.78, 5) is 24.6. The van der Waals surface area contributed by atoms with Crippen LogP contribution in [-0.2, 0) is 9.59 Å². The van der Waals surface area contributed by atoms with E-state index in [-0.39, 0.29) is 40.5 Å². The first-order valence-electron chi connectivity index (χ1n) is 9.50. The molecule has 0 bridgehead atoms. The molecule has 0 aromatic rings. The molecular formula is C20H42N2O2S. The highest BCUT2D eigenvalue weighted by molar-refractivity contribution is 8.15. The maximum Gasteiger partial charge on any atom is 0.231 e. The second-order valence-corrected chi connectivity index (χ2v) is 11.5. The summed E-state index contributed by atoms with van der Waals surface area (Å²) < 4.78 is 3.20. The van der Waals surface area contributed by atoms with Crippen molar-refractivity contribution in [2.45, 2.75) is 81.2 Å². The van der Waals surface area contributed by atoms with Gasteiger partial charge in [-0.2, -0.15) is 11.1 Å². The van der Waals surface area contributed by atoms with E-state index < -0.39 is 11.1 Å². The van der Waals surface area contributed by atoms with Gasteiger partial charge in [0.2, 0.25) is 11.8 Å². The van der Waals surface area contributed by atoms with Gasteiger partial charge >= 0.3 is 0 Å². The normalized spacial score (nSPS) is 17.0. The zero-order chi connectivity index (χ0) is 20.0. The Kier molecular flexibility index (Phi) is 9.56. The van der Waals surface area contributed by atoms with Crippen molar-refractivity contribution in [2.24, 2.45) is 22.7 Å². The monoisotopic (exact) mass is 374 g/mol. The molecule has 1 unspecified atom stereocenters. The van der Waals surface area contributed by atoms with Crippen LogP contribution in [-0.4, -0.2) is 29.9 Å². The predicted molar refractivity (Wildman–Crippen MR) is 112 cm³/mol. The minimum Gasteiger partial charge on any atom is -0.354 e. The van der Waals surface area contributed by atoms with E-state index >= 15 is 0 Å². The number of carbonyl (C=O) groups is 2. The number of amides is 2. The van der Waals surface area contributed by atoms with Crippen LogP contribution in [0.4, 0.5) is 0 Å². The zero-order valence-electron chi connectivity index (χ0n) is 18.1. The molecule has 0 aromatic carbocycles. The Morgan fingerprint density at radius 1 is 0.920 bits per heavy atom. The van der Waals surface area contributed by atoms with Crippen molar-refractivity contribution in [1.29, 1.82) is 0 Å². The minimum absolute atomic E-state index is 0.00800. The molecule has 0 saturated carbocycles. The topological polar surface area (TPSA) is 58.2 Å². The van der Waals surface area contributed by atoms with Crippen LogP contribution in [0.5, 0.6) is 0 Å². The van der Waals surface area contributed by atoms with E-state index in [2.05, 4.69) is 50.9 Å². The maximum atomic E-state index is 12.3. The molecule has 5 heteroatoms. The van der Waals surface area contributed by atoms with E-state index in [1.165, 1.54) is 0 Å². The van der Waals surface area contributed by atoms with Gasteiger partial charge in [-0.3, -0.25) is 9.59 Å². The average Bonchev–Trinajstić information content (AvgIpc) is 2.43. The lowest BCUT2D eigenvalue weighted by Gasteiger charge is -2.32. The number of hydrogen-bond acceptors (Lipinski definition) is 2. The number of rotatable bonds is 9. The van der Waals surface area contributed by atoms with Crippen molar-refractivity contribution in [1.82, 2.24) is 10.0 Å². The third-order valence-corrected chi connectivity index (χ3v) is 6.89. The minimum atomic E-state index is -0.501. The molecule has 0 fully saturated rings. The number of nitrogens with one attached hydrogen (secondary N) is 2. The molecule has 0 aromatic heterocycles. The van der Waals surface area contributed by atoms with Crippen LogP contribution in [0.2, 0.25) is 0 Å². The van der Waals surface area contributed by atoms with Gasteiger partial charge in [-0.25, -0.2) is 0 Å². The largest absolute Gasteiger partial charge is 0.354 e. The third kappa shape index (κ3) is 8.98. The summed E-state index contributed by atoms with van der Waals surface area (Å²) in [6, 6.07) is 0.175. The lowest BCUT2D eigenvalue weighted by molar-refractivity contribution is -0.128. The quantitative estimate of drug-likeness (QED) is 0.527. The Balaban J connectivity index is 4.40. The van der Waals surface area contributed by atoms with Gasteiger partial charge in [0.05, 0.1) is 0 Å². The zero-order valence-corrected chi connectivity index (χ0v) is 19.0. The van der Waals surface area contributed by atoms with Crippen LogP contribution in [0.1, 0.15) is 75.2 Å². The van der Waals surface area contributed by atoms with E-state index in [0.29, 0.717) is 0 Å². The van der Waals surface area contributed by atoms with E-state index in [1.807, 2.05) is 27.7 Å². The fourth-order valence-corrected chi connectivity index (χ4v) is 3.80. The van der Waals surface area contributed by atoms with Crippen LogP contribution < -0.4 is 10.0 Å². The van der Waals surface area contributed by atoms with Gasteiger partial charge in [-0.1, -0.05) is 48.5 Å². The average molecular weight is 375 g/mol. The van der Waals surface area contributed by atoms with Crippen LogP contribution in [0.25, 0.3) is 0 Å². The lowest BCUT2D eigenvalue weighted by Crippen LogP contribution is -2.40. The first-order chi connectivity index (χ1) is 11.2. The molecule has 0 radical (unpaired) electrons. The number of hydrogen-bond donors (Lipinski definition) is 3. The summed E-state index contributed by atoms with van der Waals surface area (Å²) in [5.41, 5.74) is -0.0562. The number of thiol groups is 1. The Labute approximate surface area is 158 Å². The highest BCUT2D eigenvalue weighted by Gasteiger charge is 2.31. The molecule has 0 spiro atoms. The van der Waals surface area contributed by atoms with Gasteiger partial charge in [0.1, 0.15) is 0 Å². The number of carbonyl (C=O) groups excluding carboxylic acids is 2. The fraction of sp³-hybridized carbons (Fsp3) is 0.900. The highest BCUT2D eigenvalue weighted by atomic mass is 32.2. The fourth-order valence-electron chi connectivity index (χ4n) is 2.49. The standard InChI is InChI=1S/C20H42N2O2S/c1-14(2)21-17(23)16(4)20(8,9)12-11-13-25(10)22-18(24)15(3)19(5,6)7/h14-16,25H,11-13H2,1-10H3,(H,21,23)(H,22,24)/t15-,16+/m1/s1. The van der Waals surface area contributed by atoms with Crippen molar-refractivity contribution in [3.05, 3.63) is 0 Å². The van der Waals surface area contributed by atoms with E-state index in [0.717, 1.165) is 18.6 Å². The van der Waals surface area contributed by atoms with Crippen molar-refractivity contribution in [3.63, 3.8) is 0 Å². The van der Waals surface area contributed by atoms with Crippen molar-refractivity contribution in [2.75, 3.05) is 12.0 Å². The summed E-state index contributed by atoms with van der Waals surface area (Å²) in [7, 11) is 0. The molecule has 0 aliphatic carbocycles. The van der Waals surface area contributed by atoms with Crippen LogP contribution in [0, 0.1) is 22.7 Å². The Bertz CT molecular complexity index is 441. The molecule has 25 heavy (non-hydrogen) atoms. The highest BCUT2D eigenvalue weighted by Crippen LogP contribution is 2.34. The van der Waals surface area contributed by atoms with E-state index in [1.54, 1.807) is 0 Å². The summed E-state index contributed by atoms with van der Waals surface area (Å²) in [5, 5.41) is 3.01. The second kappa shape index (κ2) is 9.84. The molecule has 0 rings (SSSR count). The summed E-state index contributed by atoms with van der Waals surface area (Å²) in [5.74, 6) is 1.28. The SMILES string of the molecule is CC(C)NC(=O)[C@H](C)C(C)(C)CCC[SH](C)NC(=O)[C@@H](C)C(C)(C)C. The Hall–Kier alpha value is -0.710. The third-order valence-electron chi connectivity index (χ3n) is 5.30. The van der Waals surface area contributed by atoms with Crippen LogP contribution >= 0.6 is 11.1 Å². The molecule has 2 N–H and O–H groups in total. The van der Waals surface area contributed by atoms with Crippen LogP contribution in [0.15, 0.2) is 0 Å². The lowest BCUT2D eigenvalue weighted by atomic mass is 9.76. The summed E-state index contributed by atoms with van der Waals surface area (Å²) in [6.45, 7) is 18.6. The molecular weight excluding hydrogens is 332 g/mol. The van der Waals surface area contributed by atoms with E-state index in [4.69, 9.17) is 0 Å². The summed E-state index contributed by atoms with van der Waals surface area (Å²) >= 11 is -0.501. The molecule has 3 atom stereocenters. The molecule has 0 aliphatic heterocycles. The molecule has 4 nitrogen and oxygen atoms in total. The first kappa shape index (κ1) is 24.3. The smallest absolute Gasteiger partial charge is 0.231 e. The summed E-state index contributed by atoms with van der Waals surface area (Å²) in [6.07, 6.45) is 4.14. The molecule has 0 saturated heterocycles. The van der Waals surface area contributed by atoms with Crippen molar-refractivity contribution in [3.8, 4) is 0 Å². The molecule has 2 amide bonds. The van der Waals surface area contributed by atoms with Crippen LogP contribution in [0.3, 0.4) is 0 Å². The predicted octanol–water partition coefficient (Wildman–Crippen LogP) is 4.30. The Morgan fingerprint density at radius 2 is 1.44 bits per heavy atom. The second-order valence-electron chi connectivity index (χ2n) is 9.46. The van der Waals surface area contributed by atoms with Crippen molar-refractivity contribution < 1.29 is 9.59 Å². The molecule has 0 heterocycles. The van der Waals surface area contributed by atoms with Gasteiger partial charge in [-0.05, 0) is 49.5 Å². The van der Waals surface area contributed by atoms with Gasteiger partial charge < -0.3 is 10.0 Å². The van der Waals surface area contributed by atoms with Crippen molar-refractivity contribution >= 4 is 22.9 Å².